The van der Waals surface area contributed by atoms with Crippen molar-refractivity contribution in [1.29, 1.82) is 0 Å². The summed E-state index contributed by atoms with van der Waals surface area (Å²) in [6.07, 6.45) is -3.75. The molecule has 11 nitrogen and oxygen atoms in total. The highest BCUT2D eigenvalue weighted by molar-refractivity contribution is 5.60. The van der Waals surface area contributed by atoms with Gasteiger partial charge in [-0.05, 0) is 6.92 Å². The van der Waals surface area contributed by atoms with Crippen molar-refractivity contribution < 1.29 is 48.8 Å². The predicted molar refractivity (Wildman–Crippen MR) is 68.5 cm³/mol. The maximum Gasteiger partial charge on any atom is 0.508 e. The molecule has 0 bridgehead atoms. The Balaban J connectivity index is 1.54. The van der Waals surface area contributed by atoms with Gasteiger partial charge in [0.1, 0.15) is 31.0 Å². The van der Waals surface area contributed by atoms with Crippen LogP contribution in [-0.4, -0.2) is 90.6 Å². The fourth-order valence-electron chi connectivity index (χ4n) is 2.33. The number of nitrogens with zero attached hydrogens (tertiary/aromatic N) is 1. The van der Waals surface area contributed by atoms with Crippen LogP contribution in [-0.2, 0) is 28.5 Å². The molecule has 1 unspecified atom stereocenters. The van der Waals surface area contributed by atoms with E-state index in [0.717, 1.165) is 0 Å². The highest BCUT2D eigenvalue weighted by Crippen LogP contribution is 2.28. The minimum Gasteiger partial charge on any atom is -0.432 e. The molecule has 2 saturated heterocycles. The van der Waals surface area contributed by atoms with Gasteiger partial charge < -0.3 is 28.8 Å². The van der Waals surface area contributed by atoms with Crippen LogP contribution in [0.25, 0.3) is 0 Å². The molecule has 0 aromatic carbocycles. The average molecular weight is 339 g/mol. The van der Waals surface area contributed by atoms with E-state index in [1.54, 1.807) is 6.92 Å². The number of fused-ring (bicyclic) bond motifs is 1. The number of carbonyl (C=O) groups is 1. The van der Waals surface area contributed by atoms with Gasteiger partial charge in [-0.1, -0.05) is 0 Å². The van der Waals surface area contributed by atoms with E-state index in [0.29, 0.717) is 0 Å². The second kappa shape index (κ2) is 8.70. The molecule has 2 fully saturated rings. The van der Waals surface area contributed by atoms with Crippen LogP contribution in [0.3, 0.4) is 0 Å². The van der Waals surface area contributed by atoms with Gasteiger partial charge in [0.2, 0.25) is 0 Å². The lowest BCUT2D eigenvalue weighted by Gasteiger charge is -2.16. The molecule has 23 heavy (non-hydrogen) atoms. The summed E-state index contributed by atoms with van der Waals surface area (Å²) in [5.74, 6) is 0. The van der Waals surface area contributed by atoms with E-state index >= 15 is 0 Å². The molecule has 0 radical (unpaired) electrons. The molecule has 0 aliphatic carbocycles. The first-order valence-electron chi connectivity index (χ1n) is 7.14. The lowest BCUT2D eigenvalue weighted by atomic mass is 10.1. The van der Waals surface area contributed by atoms with E-state index in [1.165, 1.54) is 0 Å². The molecule has 2 heterocycles. The van der Waals surface area contributed by atoms with Crippen LogP contribution in [0.2, 0.25) is 0 Å². The van der Waals surface area contributed by atoms with Gasteiger partial charge in [0, 0.05) is 0 Å². The molecule has 0 aromatic rings. The van der Waals surface area contributed by atoms with Crippen molar-refractivity contribution in [3.8, 4) is 0 Å². The summed E-state index contributed by atoms with van der Waals surface area (Å²) in [6, 6.07) is 0. The topological polar surface area (TPSA) is 136 Å². The lowest BCUT2D eigenvalue weighted by Crippen LogP contribution is -2.34. The zero-order valence-corrected chi connectivity index (χ0v) is 12.6. The van der Waals surface area contributed by atoms with Gasteiger partial charge in [-0.2, -0.15) is 0 Å². The van der Waals surface area contributed by atoms with Gasteiger partial charge >= 0.3 is 6.16 Å². The molecule has 2 rings (SSSR count). The number of aliphatic hydroxyl groups excluding tert-OH is 1. The van der Waals surface area contributed by atoms with Gasteiger partial charge in [0.25, 0.3) is 0 Å². The minimum absolute atomic E-state index is 0.0430. The fraction of sp³-hybridized carbons (Fsp3) is 0.917. The smallest absolute Gasteiger partial charge is 0.432 e. The first-order chi connectivity index (χ1) is 11.0. The second-order valence-electron chi connectivity index (χ2n) is 5.16. The Kier molecular flexibility index (Phi) is 6.92. The van der Waals surface area contributed by atoms with Crippen molar-refractivity contribution >= 4 is 6.16 Å². The van der Waals surface area contributed by atoms with E-state index < -0.39 is 42.1 Å². The van der Waals surface area contributed by atoms with E-state index in [1.807, 2.05) is 0 Å². The molecule has 5 atom stereocenters. The summed E-state index contributed by atoms with van der Waals surface area (Å²) in [5.41, 5.74) is 0. The van der Waals surface area contributed by atoms with Crippen LogP contribution in [0.1, 0.15) is 6.92 Å². The van der Waals surface area contributed by atoms with E-state index in [-0.39, 0.29) is 33.0 Å². The quantitative estimate of drug-likeness (QED) is 0.288. The van der Waals surface area contributed by atoms with Gasteiger partial charge in [-0.3, -0.25) is 10.4 Å². The normalized spacial score (nSPS) is 31.2. The van der Waals surface area contributed by atoms with Crippen molar-refractivity contribution in [3.05, 3.63) is 0 Å². The highest BCUT2D eigenvalue weighted by atomic mass is 17.1. The summed E-state index contributed by atoms with van der Waals surface area (Å²) < 4.78 is 25.6. The van der Waals surface area contributed by atoms with Gasteiger partial charge in [-0.15, -0.1) is 0 Å². The van der Waals surface area contributed by atoms with Crippen molar-refractivity contribution in [1.82, 2.24) is 5.39 Å². The molecule has 0 amide bonds. The van der Waals surface area contributed by atoms with E-state index in [4.69, 9.17) is 34.1 Å². The van der Waals surface area contributed by atoms with Gasteiger partial charge in [0.15, 0.2) is 6.10 Å². The van der Waals surface area contributed by atoms with E-state index in [2.05, 4.69) is 4.84 Å². The lowest BCUT2D eigenvalue weighted by molar-refractivity contribution is -0.504. The average Bonchev–Trinajstić information content (AvgIpc) is 3.02. The number of ether oxygens (including phenoxy) is 5. The molecule has 0 saturated carbocycles. The Morgan fingerprint density at radius 1 is 1.26 bits per heavy atom. The second-order valence-corrected chi connectivity index (χ2v) is 5.16. The Bertz CT molecular complexity index is 381. The van der Waals surface area contributed by atoms with Crippen molar-refractivity contribution in [2.75, 3.05) is 33.0 Å². The molecule has 2 aliphatic rings. The first-order valence-corrected chi connectivity index (χ1v) is 7.14. The number of carbonyl (C=O) groups excluding carboxylic acids is 1. The van der Waals surface area contributed by atoms with E-state index in [9.17, 15) is 9.90 Å². The molecule has 3 N–H and O–H groups in total. The van der Waals surface area contributed by atoms with Crippen LogP contribution in [0, 0.1) is 0 Å². The third-order valence-corrected chi connectivity index (χ3v) is 3.30. The monoisotopic (exact) mass is 339 g/mol. The molecular weight excluding hydrogens is 318 g/mol. The molecule has 0 aromatic heterocycles. The Hall–Kier alpha value is -1.05. The van der Waals surface area contributed by atoms with Crippen LogP contribution in [0.4, 0.5) is 4.79 Å². The molecular formula is C12H21NO10. The predicted octanol–water partition coefficient (Wildman–Crippen LogP) is -0.916. The zero-order chi connectivity index (χ0) is 16.8. The summed E-state index contributed by atoms with van der Waals surface area (Å²) in [7, 11) is 0. The summed E-state index contributed by atoms with van der Waals surface area (Å²) >= 11 is 0. The third-order valence-electron chi connectivity index (χ3n) is 3.30. The summed E-state index contributed by atoms with van der Waals surface area (Å²) in [6.45, 7) is 1.97. The molecule has 2 aliphatic heterocycles. The minimum atomic E-state index is -0.881. The third kappa shape index (κ3) is 5.51. The van der Waals surface area contributed by atoms with Crippen molar-refractivity contribution in [2.24, 2.45) is 0 Å². The Labute approximate surface area is 132 Å². The van der Waals surface area contributed by atoms with Crippen molar-refractivity contribution in [2.45, 2.75) is 37.4 Å². The van der Waals surface area contributed by atoms with Crippen LogP contribution < -0.4 is 0 Å². The zero-order valence-electron chi connectivity index (χ0n) is 12.6. The number of hydrogen-bond acceptors (Lipinski definition) is 11. The number of rotatable bonds is 8. The van der Waals surface area contributed by atoms with Crippen LogP contribution >= 0.6 is 0 Å². The number of aliphatic hydroxyl groups is 1. The Morgan fingerprint density at radius 3 is 2.74 bits per heavy atom. The summed E-state index contributed by atoms with van der Waals surface area (Å²) in [4.78, 5) is 16.0. The number of hydrogen-bond donors (Lipinski definition) is 3. The SMILES string of the molecule is CC(COCCOC(=O)O[C@@H]1CO[C@H]2[C@@H]1OC[C@H]2O)ON(O)O. The van der Waals surface area contributed by atoms with Crippen molar-refractivity contribution in [3.63, 3.8) is 0 Å². The van der Waals surface area contributed by atoms with Crippen LogP contribution in [0.15, 0.2) is 0 Å². The molecule has 11 heteroatoms. The molecule has 134 valence electrons. The van der Waals surface area contributed by atoms with Crippen LogP contribution in [0.5, 0.6) is 0 Å². The first kappa shape index (κ1) is 18.3. The maximum absolute atomic E-state index is 11.5. The fourth-order valence-corrected chi connectivity index (χ4v) is 2.33. The summed E-state index contributed by atoms with van der Waals surface area (Å²) in [5, 5.41) is 26.0. The van der Waals surface area contributed by atoms with Gasteiger partial charge in [-0.25, -0.2) is 9.63 Å². The Morgan fingerprint density at radius 2 is 2.00 bits per heavy atom. The maximum atomic E-state index is 11.5. The van der Waals surface area contributed by atoms with Gasteiger partial charge in [0.05, 0.1) is 31.8 Å². The highest BCUT2D eigenvalue weighted by Gasteiger charge is 2.49. The standard InChI is InChI=1S/C12H21NO10/c1-7(23-13(16)17)4-18-2-3-19-12(15)22-9-6-21-10-8(14)5-20-11(9)10/h7-11,14,16-17H,2-6H2,1H3/t7?,8-,9-,10-,11-/m1/s1. The molecule has 0 spiro atoms. The largest absolute Gasteiger partial charge is 0.508 e.